The van der Waals surface area contributed by atoms with Crippen molar-refractivity contribution in [3.63, 3.8) is 0 Å². The molecule has 0 saturated heterocycles. The molecule has 0 fully saturated rings. The number of methoxy groups -OCH3 is 1. The Hall–Kier alpha value is -1.12. The number of hydrogen-bond donors (Lipinski definition) is 0. The maximum Gasteiger partial charge on any atom is 0.333 e. The fourth-order valence-electron chi connectivity index (χ4n) is 0.563. The van der Waals surface area contributed by atoms with Crippen LogP contribution in [0.2, 0.25) is 0 Å². The quantitative estimate of drug-likeness (QED) is 0.453. The lowest BCUT2D eigenvalue weighted by atomic mass is 10.2. The highest BCUT2D eigenvalue weighted by Crippen LogP contribution is 1.96. The lowest BCUT2D eigenvalue weighted by Crippen LogP contribution is -2.03. The van der Waals surface area contributed by atoms with Crippen LogP contribution in [-0.2, 0) is 14.3 Å². The van der Waals surface area contributed by atoms with Crippen molar-refractivity contribution in [2.45, 2.75) is 20.3 Å². The van der Waals surface area contributed by atoms with Gasteiger partial charge in [-0.3, -0.25) is 4.79 Å². The monoisotopic (exact) mass is 156 g/mol. The molecule has 0 atom stereocenters. The second kappa shape index (κ2) is 4.66. The Labute approximate surface area is 66.0 Å². The second-order valence-electron chi connectivity index (χ2n) is 2.14. The first kappa shape index (κ1) is 9.88. The Morgan fingerprint density at radius 1 is 1.45 bits per heavy atom. The van der Waals surface area contributed by atoms with Crippen molar-refractivity contribution < 1.29 is 14.3 Å². The summed E-state index contributed by atoms with van der Waals surface area (Å²) in [5.74, 6) is -0.514. The van der Waals surface area contributed by atoms with Gasteiger partial charge in [0, 0.05) is 12.0 Å². The van der Waals surface area contributed by atoms with Crippen LogP contribution in [0.5, 0.6) is 0 Å². The van der Waals surface area contributed by atoms with Gasteiger partial charge in [0.05, 0.1) is 7.11 Å². The minimum Gasteiger partial charge on any atom is -0.466 e. The molecule has 0 radical (unpaired) electrons. The van der Waals surface area contributed by atoms with Gasteiger partial charge in [0.15, 0.2) is 5.78 Å². The molecule has 0 heterocycles. The predicted octanol–water partition coefficient (Wildman–Crippen LogP) is 1.08. The van der Waals surface area contributed by atoms with E-state index in [0.717, 1.165) is 0 Å². The van der Waals surface area contributed by atoms with Crippen molar-refractivity contribution in [2.75, 3.05) is 7.11 Å². The molecular weight excluding hydrogens is 144 g/mol. The first-order chi connectivity index (χ1) is 5.11. The van der Waals surface area contributed by atoms with Crippen LogP contribution in [0.4, 0.5) is 0 Å². The first-order valence-electron chi connectivity index (χ1n) is 3.41. The number of esters is 1. The van der Waals surface area contributed by atoms with Gasteiger partial charge in [-0.1, -0.05) is 6.92 Å². The van der Waals surface area contributed by atoms with Crippen LogP contribution in [0.1, 0.15) is 20.3 Å². The molecule has 0 aromatic rings. The highest BCUT2D eigenvalue weighted by molar-refractivity contribution is 5.98. The summed E-state index contributed by atoms with van der Waals surface area (Å²) < 4.78 is 4.40. The van der Waals surface area contributed by atoms with Crippen molar-refractivity contribution in [1.82, 2.24) is 0 Å². The van der Waals surface area contributed by atoms with Crippen molar-refractivity contribution in [3.05, 3.63) is 11.6 Å². The number of rotatable bonds is 3. The molecule has 0 unspecified atom stereocenters. The lowest BCUT2D eigenvalue weighted by molar-refractivity contribution is -0.136. The van der Waals surface area contributed by atoms with E-state index in [1.54, 1.807) is 13.8 Å². The summed E-state index contributed by atoms with van der Waals surface area (Å²) in [7, 11) is 1.29. The standard InChI is InChI=1S/C8H12O3/c1-4-7(9)5-6(2)8(10)11-3/h5H,4H2,1-3H3/b6-5-. The number of allylic oxidation sites excluding steroid dienone is 1. The van der Waals surface area contributed by atoms with Crippen molar-refractivity contribution in [3.8, 4) is 0 Å². The SMILES string of the molecule is CCC(=O)/C=C(/C)C(=O)OC. The van der Waals surface area contributed by atoms with Crippen molar-refractivity contribution in [2.24, 2.45) is 0 Å². The largest absolute Gasteiger partial charge is 0.466 e. The molecule has 0 aliphatic rings. The van der Waals surface area contributed by atoms with E-state index in [9.17, 15) is 9.59 Å². The summed E-state index contributed by atoms with van der Waals surface area (Å²) in [5, 5.41) is 0. The lowest BCUT2D eigenvalue weighted by Gasteiger charge is -1.96. The van der Waals surface area contributed by atoms with Crippen LogP contribution < -0.4 is 0 Å². The van der Waals surface area contributed by atoms with Gasteiger partial charge in [0.25, 0.3) is 0 Å². The van der Waals surface area contributed by atoms with Crippen molar-refractivity contribution in [1.29, 1.82) is 0 Å². The molecular formula is C8H12O3. The first-order valence-corrected chi connectivity index (χ1v) is 3.41. The zero-order valence-corrected chi connectivity index (χ0v) is 7.01. The Balaban J connectivity index is 4.21. The molecule has 0 aromatic heterocycles. The van der Waals surface area contributed by atoms with Gasteiger partial charge >= 0.3 is 5.97 Å². The predicted molar refractivity (Wildman–Crippen MR) is 41.1 cm³/mol. The third-order valence-corrected chi connectivity index (χ3v) is 1.23. The molecule has 0 aromatic carbocycles. The van der Waals surface area contributed by atoms with Crippen LogP contribution in [0.15, 0.2) is 11.6 Å². The topological polar surface area (TPSA) is 43.4 Å². The second-order valence-corrected chi connectivity index (χ2v) is 2.14. The minimum absolute atomic E-state index is 0.0621. The van der Waals surface area contributed by atoms with Gasteiger partial charge in [-0.15, -0.1) is 0 Å². The van der Waals surface area contributed by atoms with Crippen LogP contribution in [0.3, 0.4) is 0 Å². The molecule has 0 saturated carbocycles. The highest BCUT2D eigenvalue weighted by atomic mass is 16.5. The molecule has 3 nitrogen and oxygen atoms in total. The molecule has 62 valence electrons. The zero-order chi connectivity index (χ0) is 8.85. The van der Waals surface area contributed by atoms with E-state index in [-0.39, 0.29) is 5.78 Å². The molecule has 0 aliphatic heterocycles. The van der Waals surface area contributed by atoms with Gasteiger partial charge in [0.2, 0.25) is 0 Å². The highest BCUT2D eigenvalue weighted by Gasteiger charge is 2.03. The summed E-state index contributed by atoms with van der Waals surface area (Å²) >= 11 is 0. The molecule has 3 heteroatoms. The maximum atomic E-state index is 10.8. The fourth-order valence-corrected chi connectivity index (χ4v) is 0.563. The van der Waals surface area contributed by atoms with E-state index in [2.05, 4.69) is 4.74 Å². The Bertz CT molecular complexity index is 192. The number of carbonyl (C=O) groups is 2. The number of ether oxygens (including phenoxy) is 1. The van der Waals surface area contributed by atoms with Crippen LogP contribution in [0.25, 0.3) is 0 Å². The average molecular weight is 156 g/mol. The summed E-state index contributed by atoms with van der Waals surface area (Å²) in [6.07, 6.45) is 1.71. The number of carbonyl (C=O) groups excluding carboxylic acids is 2. The van der Waals surface area contributed by atoms with Gasteiger partial charge < -0.3 is 4.74 Å². The van der Waals surface area contributed by atoms with Gasteiger partial charge in [-0.2, -0.15) is 0 Å². The molecule has 0 rings (SSSR count). The molecule has 11 heavy (non-hydrogen) atoms. The van der Waals surface area contributed by atoms with E-state index < -0.39 is 5.97 Å². The van der Waals surface area contributed by atoms with Crippen molar-refractivity contribution >= 4 is 11.8 Å². The molecule has 0 amide bonds. The van der Waals surface area contributed by atoms with Gasteiger partial charge in [-0.25, -0.2) is 4.79 Å². The van der Waals surface area contributed by atoms with E-state index in [1.165, 1.54) is 13.2 Å². The molecule has 0 N–H and O–H groups in total. The Morgan fingerprint density at radius 2 is 2.00 bits per heavy atom. The number of ketones is 1. The molecule has 0 aliphatic carbocycles. The zero-order valence-electron chi connectivity index (χ0n) is 7.01. The van der Waals surface area contributed by atoms with Crippen LogP contribution >= 0.6 is 0 Å². The smallest absolute Gasteiger partial charge is 0.333 e. The summed E-state index contributed by atoms with van der Waals surface area (Å²) in [5.41, 5.74) is 0.347. The van der Waals surface area contributed by atoms with E-state index in [4.69, 9.17) is 0 Å². The maximum absolute atomic E-state index is 10.8. The normalized spacial score (nSPS) is 11.0. The summed E-state index contributed by atoms with van der Waals surface area (Å²) in [6.45, 7) is 3.29. The molecule has 0 bridgehead atoms. The fraction of sp³-hybridized carbons (Fsp3) is 0.500. The van der Waals surface area contributed by atoms with E-state index >= 15 is 0 Å². The Morgan fingerprint density at radius 3 is 2.36 bits per heavy atom. The Kier molecular flexibility index (Phi) is 4.18. The third kappa shape index (κ3) is 3.55. The summed E-state index contributed by atoms with van der Waals surface area (Å²) in [6, 6.07) is 0. The average Bonchev–Trinajstić information content (AvgIpc) is 2.02. The van der Waals surface area contributed by atoms with Gasteiger partial charge in [-0.05, 0) is 13.0 Å². The van der Waals surface area contributed by atoms with Gasteiger partial charge in [0.1, 0.15) is 0 Å². The summed E-state index contributed by atoms with van der Waals surface area (Å²) in [4.78, 5) is 21.5. The third-order valence-electron chi connectivity index (χ3n) is 1.23. The van der Waals surface area contributed by atoms with E-state index in [1.807, 2.05) is 0 Å². The van der Waals surface area contributed by atoms with Crippen LogP contribution in [0, 0.1) is 0 Å². The minimum atomic E-state index is -0.452. The number of hydrogen-bond acceptors (Lipinski definition) is 3. The molecule has 0 spiro atoms. The van der Waals surface area contributed by atoms with E-state index in [0.29, 0.717) is 12.0 Å². The van der Waals surface area contributed by atoms with Crippen LogP contribution in [-0.4, -0.2) is 18.9 Å².